The number of hydrogen-bond acceptors (Lipinski definition) is 6. The van der Waals surface area contributed by atoms with Crippen molar-refractivity contribution in [3.8, 4) is 11.3 Å². The number of nitrogens with one attached hydrogen (secondary N) is 3. The number of carbonyl (C=O) groups is 3. The Kier molecular flexibility index (Phi) is 6.28. The van der Waals surface area contributed by atoms with Gasteiger partial charge in [-0.1, -0.05) is 18.2 Å². The molecule has 1 aliphatic heterocycles. The zero-order valence-corrected chi connectivity index (χ0v) is 20.5. The van der Waals surface area contributed by atoms with Crippen LogP contribution in [0.4, 0.5) is 21.6 Å². The lowest BCUT2D eigenvalue weighted by Gasteiger charge is -2.29. The number of amides is 2. The van der Waals surface area contributed by atoms with E-state index < -0.39 is 23.6 Å². The van der Waals surface area contributed by atoms with Gasteiger partial charge in [0.2, 0.25) is 11.8 Å². The Hall–Kier alpha value is -4.05. The number of para-hydroxylation sites is 1. The number of benzene rings is 1. The molecule has 2 amide bonds. The number of aromatic nitrogens is 2. The number of nitrogens with zero attached hydrogens (tertiary/aromatic N) is 2. The van der Waals surface area contributed by atoms with Crippen LogP contribution < -0.4 is 10.6 Å². The SMILES string of the molecule is CC(C)(O)CC(=O)N1CC(=O)c2c([nH]c(-c3ccnc(NC(=O)[C@@H]4C[C@@H]4F)c3)c2Nc2ccccc2)C1. The van der Waals surface area contributed by atoms with Crippen molar-refractivity contribution in [2.24, 2.45) is 5.92 Å². The molecule has 1 fully saturated rings. The number of alkyl halides is 1. The summed E-state index contributed by atoms with van der Waals surface area (Å²) in [4.78, 5) is 47.2. The highest BCUT2D eigenvalue weighted by atomic mass is 19.1. The number of anilines is 3. The van der Waals surface area contributed by atoms with Crippen LogP contribution >= 0.6 is 0 Å². The predicted octanol–water partition coefficient (Wildman–Crippen LogP) is 3.80. The molecule has 5 rings (SSSR count). The van der Waals surface area contributed by atoms with Gasteiger partial charge in [-0.25, -0.2) is 9.37 Å². The Morgan fingerprint density at radius 1 is 1.22 bits per heavy atom. The monoisotopic (exact) mass is 505 g/mol. The summed E-state index contributed by atoms with van der Waals surface area (Å²) in [6.07, 6.45) is 0.517. The van der Waals surface area contributed by atoms with E-state index in [1.807, 2.05) is 30.3 Å². The first-order valence-corrected chi connectivity index (χ1v) is 12.1. The molecule has 0 saturated heterocycles. The van der Waals surface area contributed by atoms with E-state index in [2.05, 4.69) is 20.6 Å². The lowest BCUT2D eigenvalue weighted by Crippen LogP contribution is -2.42. The second-order valence-corrected chi connectivity index (χ2v) is 10.2. The summed E-state index contributed by atoms with van der Waals surface area (Å²) in [6.45, 7) is 3.17. The number of pyridine rings is 1. The van der Waals surface area contributed by atoms with Crippen molar-refractivity contribution in [2.75, 3.05) is 17.2 Å². The zero-order chi connectivity index (χ0) is 26.3. The number of H-pyrrole nitrogens is 1. The van der Waals surface area contributed by atoms with Crippen molar-refractivity contribution in [2.45, 2.75) is 45.0 Å². The lowest BCUT2D eigenvalue weighted by atomic mass is 10.00. The maximum atomic E-state index is 13.3. The Morgan fingerprint density at radius 2 is 1.95 bits per heavy atom. The molecule has 3 aromatic rings. The molecule has 10 heteroatoms. The van der Waals surface area contributed by atoms with Crippen LogP contribution in [0.5, 0.6) is 0 Å². The van der Waals surface area contributed by atoms with E-state index in [9.17, 15) is 23.9 Å². The number of halogens is 1. The summed E-state index contributed by atoms with van der Waals surface area (Å²) in [5.74, 6) is -1.35. The average Bonchev–Trinajstić information content (AvgIpc) is 3.46. The summed E-state index contributed by atoms with van der Waals surface area (Å²) in [5.41, 5.74) is 2.38. The van der Waals surface area contributed by atoms with E-state index in [1.54, 1.807) is 26.0 Å². The number of aliphatic hydroxyl groups is 1. The molecule has 2 aliphatic rings. The Morgan fingerprint density at radius 3 is 2.62 bits per heavy atom. The summed E-state index contributed by atoms with van der Waals surface area (Å²) in [5, 5.41) is 16.1. The van der Waals surface area contributed by atoms with Gasteiger partial charge in [0.15, 0.2) is 5.78 Å². The van der Waals surface area contributed by atoms with Gasteiger partial charge in [-0.05, 0) is 44.5 Å². The summed E-state index contributed by atoms with van der Waals surface area (Å²) < 4.78 is 13.3. The number of fused-ring (bicyclic) bond motifs is 1. The van der Waals surface area contributed by atoms with Gasteiger partial charge in [-0.3, -0.25) is 14.4 Å². The van der Waals surface area contributed by atoms with Gasteiger partial charge in [-0.15, -0.1) is 0 Å². The second-order valence-electron chi connectivity index (χ2n) is 10.2. The van der Waals surface area contributed by atoms with Gasteiger partial charge in [0.25, 0.3) is 0 Å². The molecule has 192 valence electrons. The molecule has 0 bridgehead atoms. The third kappa shape index (κ3) is 5.39. The maximum Gasteiger partial charge on any atom is 0.231 e. The van der Waals surface area contributed by atoms with E-state index in [4.69, 9.17) is 0 Å². The molecule has 1 aromatic carbocycles. The van der Waals surface area contributed by atoms with Crippen LogP contribution in [0.15, 0.2) is 48.7 Å². The summed E-state index contributed by atoms with van der Waals surface area (Å²) >= 11 is 0. The minimum absolute atomic E-state index is 0.105. The molecular weight excluding hydrogens is 477 g/mol. The van der Waals surface area contributed by atoms with E-state index in [0.29, 0.717) is 28.2 Å². The van der Waals surface area contributed by atoms with Crippen LogP contribution in [-0.4, -0.2) is 55.9 Å². The standard InChI is InChI=1S/C27H28FN5O4/c1-27(2,37)12-22(35)33-13-19-23(20(34)14-33)25(30-16-6-4-3-5-7-16)24(31-19)15-8-9-29-21(10-15)32-26(36)17-11-18(17)28/h3-10,17-18,30-31,37H,11-14H2,1-2H3,(H,29,32,36)/t17-,18+/m1/s1. The highest BCUT2D eigenvalue weighted by molar-refractivity contribution is 6.09. The molecule has 1 aliphatic carbocycles. The van der Waals surface area contributed by atoms with Crippen LogP contribution in [0.2, 0.25) is 0 Å². The lowest BCUT2D eigenvalue weighted by molar-refractivity contribution is -0.135. The third-order valence-electron chi connectivity index (χ3n) is 6.37. The van der Waals surface area contributed by atoms with E-state index in [1.165, 1.54) is 11.1 Å². The molecule has 0 radical (unpaired) electrons. The first-order chi connectivity index (χ1) is 17.6. The Labute approximate surface area is 213 Å². The van der Waals surface area contributed by atoms with Crippen LogP contribution in [0.3, 0.4) is 0 Å². The fraction of sp³-hybridized carbons (Fsp3) is 0.333. The van der Waals surface area contributed by atoms with Crippen molar-refractivity contribution in [3.05, 3.63) is 59.9 Å². The Balaban J connectivity index is 1.51. The molecule has 37 heavy (non-hydrogen) atoms. The summed E-state index contributed by atoms with van der Waals surface area (Å²) in [7, 11) is 0. The number of hydrogen-bond donors (Lipinski definition) is 4. The van der Waals surface area contributed by atoms with Gasteiger partial charge in [0, 0.05) is 23.1 Å². The fourth-order valence-corrected chi connectivity index (χ4v) is 4.45. The number of aromatic amines is 1. The van der Waals surface area contributed by atoms with Crippen molar-refractivity contribution < 1.29 is 23.9 Å². The predicted molar refractivity (Wildman–Crippen MR) is 136 cm³/mol. The quantitative estimate of drug-likeness (QED) is 0.387. The van der Waals surface area contributed by atoms with Gasteiger partial charge in [-0.2, -0.15) is 0 Å². The van der Waals surface area contributed by atoms with Gasteiger partial charge in [0.05, 0.1) is 48.0 Å². The van der Waals surface area contributed by atoms with Gasteiger partial charge in [0.1, 0.15) is 12.0 Å². The van der Waals surface area contributed by atoms with Gasteiger partial charge < -0.3 is 25.6 Å². The van der Waals surface area contributed by atoms with Crippen LogP contribution in [0.25, 0.3) is 11.3 Å². The molecule has 4 N–H and O–H groups in total. The number of rotatable bonds is 7. The minimum atomic E-state index is -1.19. The number of carbonyl (C=O) groups excluding carboxylic acids is 3. The molecule has 1 saturated carbocycles. The maximum absolute atomic E-state index is 13.3. The van der Waals surface area contributed by atoms with Crippen molar-refractivity contribution in [1.29, 1.82) is 0 Å². The third-order valence-corrected chi connectivity index (χ3v) is 6.37. The van der Waals surface area contributed by atoms with Crippen molar-refractivity contribution >= 4 is 34.8 Å². The largest absolute Gasteiger partial charge is 0.390 e. The van der Waals surface area contributed by atoms with E-state index >= 15 is 0 Å². The van der Waals surface area contributed by atoms with Crippen LogP contribution in [0, 0.1) is 5.92 Å². The smallest absolute Gasteiger partial charge is 0.231 e. The Bertz CT molecular complexity index is 1360. The van der Waals surface area contributed by atoms with Crippen molar-refractivity contribution in [1.82, 2.24) is 14.9 Å². The molecule has 2 aromatic heterocycles. The van der Waals surface area contributed by atoms with Crippen LogP contribution in [0.1, 0.15) is 42.7 Å². The molecular formula is C27H28FN5O4. The van der Waals surface area contributed by atoms with Gasteiger partial charge >= 0.3 is 0 Å². The van der Waals surface area contributed by atoms with E-state index in [-0.39, 0.29) is 43.4 Å². The molecule has 9 nitrogen and oxygen atoms in total. The topological polar surface area (TPSA) is 127 Å². The fourth-order valence-electron chi connectivity index (χ4n) is 4.45. The first kappa shape index (κ1) is 24.6. The first-order valence-electron chi connectivity index (χ1n) is 12.1. The molecule has 0 unspecified atom stereocenters. The number of Topliss-reactive ketones (excluding diaryl/α,β-unsaturated/α-hetero) is 1. The van der Waals surface area contributed by atoms with Crippen LogP contribution in [-0.2, 0) is 16.1 Å². The molecule has 3 heterocycles. The molecule has 2 atom stereocenters. The number of ketones is 1. The average molecular weight is 506 g/mol. The summed E-state index contributed by atoms with van der Waals surface area (Å²) in [6, 6.07) is 12.8. The second kappa shape index (κ2) is 9.44. The highest BCUT2D eigenvalue weighted by Gasteiger charge is 2.43. The normalized spacial score (nSPS) is 18.8. The minimum Gasteiger partial charge on any atom is -0.390 e. The van der Waals surface area contributed by atoms with E-state index in [0.717, 1.165) is 5.69 Å². The highest BCUT2D eigenvalue weighted by Crippen LogP contribution is 2.39. The molecule has 0 spiro atoms. The zero-order valence-electron chi connectivity index (χ0n) is 20.5. The van der Waals surface area contributed by atoms with Crippen molar-refractivity contribution in [3.63, 3.8) is 0 Å².